The first-order valence-electron chi connectivity index (χ1n) is 10.1. The van der Waals surface area contributed by atoms with Crippen LogP contribution in [-0.4, -0.2) is 72.7 Å². The van der Waals surface area contributed by atoms with E-state index >= 15 is 0 Å². The Kier molecular flexibility index (Phi) is 5.81. The number of carbonyl (C=O) groups is 1. The van der Waals surface area contributed by atoms with Crippen LogP contribution in [0.4, 0.5) is 13.2 Å². The molecule has 1 amide bonds. The summed E-state index contributed by atoms with van der Waals surface area (Å²) < 4.78 is 43.7. The Hall–Kier alpha value is -1.71. The molecular weight excluding hydrogens is 385 g/mol. The molecule has 2 bridgehead atoms. The number of rotatable bonds is 4. The fraction of sp³-hybridized carbons (Fsp3) is 0.700. The van der Waals surface area contributed by atoms with Crippen molar-refractivity contribution in [3.8, 4) is 0 Å². The van der Waals surface area contributed by atoms with E-state index in [1.165, 1.54) is 6.07 Å². The Morgan fingerprint density at radius 1 is 1.24 bits per heavy atom. The van der Waals surface area contributed by atoms with Gasteiger partial charge in [0.2, 0.25) is 0 Å². The fourth-order valence-corrected chi connectivity index (χ4v) is 4.79. The molecule has 4 rings (SSSR count). The number of likely N-dealkylation sites (tertiary alicyclic amines) is 1. The highest BCUT2D eigenvalue weighted by Crippen LogP contribution is 2.37. The van der Waals surface area contributed by atoms with Gasteiger partial charge in [-0.15, -0.1) is 0 Å². The van der Waals surface area contributed by atoms with Crippen LogP contribution in [0.3, 0.4) is 0 Å². The molecule has 6 nitrogen and oxygen atoms in total. The third-order valence-electron chi connectivity index (χ3n) is 6.32. The molecule has 0 aromatic carbocycles. The van der Waals surface area contributed by atoms with Gasteiger partial charge < -0.3 is 15.0 Å². The Labute approximate surface area is 168 Å². The summed E-state index contributed by atoms with van der Waals surface area (Å²) in [6.07, 6.45) is -1.77. The number of amides is 1. The molecule has 1 aromatic rings. The lowest BCUT2D eigenvalue weighted by Gasteiger charge is -2.39. The Morgan fingerprint density at radius 3 is 2.55 bits per heavy atom. The van der Waals surface area contributed by atoms with Crippen molar-refractivity contribution in [3.05, 3.63) is 29.6 Å². The number of hydrogen-bond acceptors (Lipinski definition) is 5. The lowest BCUT2D eigenvalue weighted by molar-refractivity contribution is -0.139. The highest BCUT2D eigenvalue weighted by molar-refractivity contribution is 5.81. The van der Waals surface area contributed by atoms with E-state index < -0.39 is 17.8 Å². The molecule has 2 saturated heterocycles. The number of hydrogen-bond donors (Lipinski definition) is 1. The summed E-state index contributed by atoms with van der Waals surface area (Å²) in [4.78, 5) is 21.0. The van der Waals surface area contributed by atoms with Crippen molar-refractivity contribution in [2.45, 2.75) is 37.7 Å². The number of carbonyl (C=O) groups excluding carboxylic acids is 1. The van der Waals surface area contributed by atoms with Crippen molar-refractivity contribution in [2.24, 2.45) is 11.8 Å². The maximum atomic E-state index is 12.7. The number of alkyl halides is 3. The second-order valence-corrected chi connectivity index (χ2v) is 8.48. The molecule has 4 atom stereocenters. The van der Waals surface area contributed by atoms with Crippen LogP contribution >= 0.6 is 0 Å². The molecule has 1 saturated carbocycles. The molecule has 3 heterocycles. The summed E-state index contributed by atoms with van der Waals surface area (Å²) in [5.74, 6) is 0.679. The number of nitrogens with one attached hydrogen (secondary N) is 1. The van der Waals surface area contributed by atoms with Gasteiger partial charge in [0.25, 0.3) is 5.91 Å². The van der Waals surface area contributed by atoms with Gasteiger partial charge in [-0.3, -0.25) is 14.7 Å². The number of pyridine rings is 1. The third kappa shape index (κ3) is 4.73. The minimum atomic E-state index is -4.36. The molecule has 0 radical (unpaired) electrons. The average Bonchev–Trinajstić information content (AvgIpc) is 2.90. The van der Waals surface area contributed by atoms with Crippen LogP contribution in [0.2, 0.25) is 0 Å². The number of fused-ring (bicyclic) bond motifs is 2. The van der Waals surface area contributed by atoms with E-state index in [0.717, 1.165) is 44.7 Å². The molecule has 2 aliphatic heterocycles. The smallest absolute Gasteiger partial charge is 0.366 e. The van der Waals surface area contributed by atoms with Gasteiger partial charge >= 0.3 is 6.18 Å². The van der Waals surface area contributed by atoms with Crippen LogP contribution < -0.4 is 5.32 Å². The number of morpholine rings is 1. The van der Waals surface area contributed by atoms with Crippen LogP contribution in [0, 0.1) is 11.8 Å². The number of halogens is 3. The van der Waals surface area contributed by atoms with Gasteiger partial charge in [0, 0.05) is 45.0 Å². The number of nitrogens with zero attached hydrogens (tertiary/aromatic N) is 3. The van der Waals surface area contributed by atoms with Gasteiger partial charge in [-0.2, -0.15) is 13.2 Å². The van der Waals surface area contributed by atoms with E-state index in [-0.39, 0.29) is 11.9 Å². The maximum Gasteiger partial charge on any atom is 0.417 e. The van der Waals surface area contributed by atoms with E-state index in [9.17, 15) is 18.0 Å². The molecule has 29 heavy (non-hydrogen) atoms. The van der Waals surface area contributed by atoms with Crippen LogP contribution in [-0.2, 0) is 22.3 Å². The quantitative estimate of drug-likeness (QED) is 0.817. The van der Waals surface area contributed by atoms with Crippen molar-refractivity contribution >= 4 is 5.91 Å². The fourth-order valence-electron chi connectivity index (χ4n) is 4.79. The summed E-state index contributed by atoms with van der Waals surface area (Å²) in [5, 5.41) is 3.22. The lowest BCUT2D eigenvalue weighted by atomic mass is 9.91. The second kappa shape index (κ2) is 8.20. The summed E-state index contributed by atoms with van der Waals surface area (Å²) in [6.45, 7) is 4.18. The summed E-state index contributed by atoms with van der Waals surface area (Å²) in [6, 6.07) is 2.69. The topological polar surface area (TPSA) is 57.7 Å². The third-order valence-corrected chi connectivity index (χ3v) is 6.32. The monoisotopic (exact) mass is 412 g/mol. The first-order chi connectivity index (χ1) is 13.8. The van der Waals surface area contributed by atoms with Gasteiger partial charge in [-0.1, -0.05) is 0 Å². The predicted octanol–water partition coefficient (Wildman–Crippen LogP) is 1.76. The molecule has 1 aromatic heterocycles. The Morgan fingerprint density at radius 2 is 1.97 bits per heavy atom. The van der Waals surface area contributed by atoms with Crippen LogP contribution in [0.25, 0.3) is 0 Å². The Bertz CT molecular complexity index is 713. The number of aromatic nitrogens is 1. The van der Waals surface area contributed by atoms with Crippen molar-refractivity contribution < 1.29 is 22.7 Å². The first kappa shape index (κ1) is 20.6. The predicted molar refractivity (Wildman–Crippen MR) is 99.9 cm³/mol. The van der Waals surface area contributed by atoms with Crippen molar-refractivity contribution in [1.82, 2.24) is 20.1 Å². The standard InChI is InChI=1S/C20H27F3N4O2/c1-26-6-7-29-17(12-26)19(28)25-18-13-2-3-14(18)10-27(9-13)11-16-5-4-15(8-24-16)20(21,22)23/h4-5,8,13-14,17-18H,2-3,6-7,9-12H2,1H3,(H,25,28)/t13-,14+,17?,18?. The molecule has 3 fully saturated rings. The van der Waals surface area contributed by atoms with Crippen LogP contribution in [0.15, 0.2) is 18.3 Å². The van der Waals surface area contributed by atoms with Gasteiger partial charge in [-0.05, 0) is 43.9 Å². The molecule has 160 valence electrons. The molecule has 9 heteroatoms. The van der Waals surface area contributed by atoms with E-state index in [0.29, 0.717) is 37.2 Å². The van der Waals surface area contributed by atoms with Crippen molar-refractivity contribution in [2.75, 3.05) is 39.8 Å². The SMILES string of the molecule is CN1CCOC(C(=O)NC2[C@@H]3CC[C@H]2CN(Cc2ccc(C(F)(F)F)cn2)C3)C1. The highest BCUT2D eigenvalue weighted by Gasteiger charge is 2.43. The molecule has 1 aliphatic carbocycles. The van der Waals surface area contributed by atoms with Gasteiger partial charge in [0.05, 0.1) is 17.9 Å². The summed E-state index contributed by atoms with van der Waals surface area (Å²) in [7, 11) is 1.99. The van der Waals surface area contributed by atoms with Crippen LogP contribution in [0.1, 0.15) is 24.1 Å². The zero-order valence-corrected chi connectivity index (χ0v) is 16.5. The molecule has 3 aliphatic rings. The Balaban J connectivity index is 1.32. The molecule has 1 N–H and O–H groups in total. The summed E-state index contributed by atoms with van der Waals surface area (Å²) >= 11 is 0. The van der Waals surface area contributed by atoms with Crippen molar-refractivity contribution in [3.63, 3.8) is 0 Å². The molecular formula is C20H27F3N4O2. The minimum absolute atomic E-state index is 0.0312. The van der Waals surface area contributed by atoms with Crippen LogP contribution in [0.5, 0.6) is 0 Å². The summed E-state index contributed by atoms with van der Waals surface area (Å²) in [5.41, 5.74) is -0.0863. The molecule has 0 spiro atoms. The van der Waals surface area contributed by atoms with E-state index in [1.54, 1.807) is 0 Å². The number of likely N-dealkylation sites (N-methyl/N-ethyl adjacent to an activating group) is 1. The van der Waals surface area contributed by atoms with Crippen molar-refractivity contribution in [1.29, 1.82) is 0 Å². The highest BCUT2D eigenvalue weighted by atomic mass is 19.4. The zero-order valence-electron chi connectivity index (χ0n) is 16.5. The van der Waals surface area contributed by atoms with E-state index in [1.807, 2.05) is 7.05 Å². The van der Waals surface area contributed by atoms with Gasteiger partial charge in [0.1, 0.15) is 6.10 Å². The number of piperidine rings is 1. The first-order valence-corrected chi connectivity index (χ1v) is 10.1. The normalized spacial score (nSPS) is 31.0. The van der Waals surface area contributed by atoms with E-state index in [4.69, 9.17) is 4.74 Å². The largest absolute Gasteiger partial charge is 0.417 e. The molecule has 2 unspecified atom stereocenters. The van der Waals surface area contributed by atoms with Gasteiger partial charge in [0.15, 0.2) is 0 Å². The second-order valence-electron chi connectivity index (χ2n) is 8.48. The minimum Gasteiger partial charge on any atom is -0.366 e. The van der Waals surface area contributed by atoms with Gasteiger partial charge in [-0.25, -0.2) is 0 Å². The maximum absolute atomic E-state index is 12.7. The zero-order chi connectivity index (χ0) is 20.6. The number of ether oxygens (including phenoxy) is 1. The average molecular weight is 412 g/mol. The lowest BCUT2D eigenvalue weighted by Crippen LogP contribution is -2.56. The van der Waals surface area contributed by atoms with E-state index in [2.05, 4.69) is 20.1 Å².